The predicted octanol–water partition coefficient (Wildman–Crippen LogP) is 2.91. The molecule has 3 aromatic rings. The molecule has 5 nitrogen and oxygen atoms in total. The Morgan fingerprint density at radius 1 is 1.42 bits per heavy atom. The first-order chi connectivity index (χ1) is 9.22. The number of thiazole rings is 1. The first kappa shape index (κ1) is 12.6. The molecule has 1 N–H and O–H groups in total. The number of aryl methyl sites for hydroxylation is 1. The van der Waals surface area contributed by atoms with Gasteiger partial charge in [0.15, 0.2) is 5.65 Å². The maximum Gasteiger partial charge on any atom is 0.243 e. The summed E-state index contributed by atoms with van der Waals surface area (Å²) >= 11 is 5.15. The number of anilines is 1. The zero-order valence-electron chi connectivity index (χ0n) is 10.3. The van der Waals surface area contributed by atoms with Crippen LogP contribution in [0.25, 0.3) is 5.65 Å². The quantitative estimate of drug-likeness (QED) is 0.795. The number of hydrogen-bond donors (Lipinski definition) is 1. The van der Waals surface area contributed by atoms with Gasteiger partial charge in [0.2, 0.25) is 5.95 Å². The van der Waals surface area contributed by atoms with Crippen molar-refractivity contribution in [2.45, 2.75) is 13.3 Å². The van der Waals surface area contributed by atoms with Crippen molar-refractivity contribution in [2.75, 3.05) is 11.9 Å². The summed E-state index contributed by atoms with van der Waals surface area (Å²) in [5.41, 5.74) is 1.89. The summed E-state index contributed by atoms with van der Waals surface area (Å²) < 4.78 is 2.69. The molecule has 0 aromatic carbocycles. The average Bonchev–Trinajstić information content (AvgIpc) is 2.97. The highest BCUT2D eigenvalue weighted by atomic mass is 79.9. The van der Waals surface area contributed by atoms with E-state index in [0.717, 1.165) is 33.8 Å². The van der Waals surface area contributed by atoms with E-state index in [2.05, 4.69) is 41.7 Å². The fourth-order valence-electron chi connectivity index (χ4n) is 1.75. The SMILES string of the molecule is Cc1csc(CCNc2nc3c(Br)cccn3n2)n1. The van der Waals surface area contributed by atoms with Gasteiger partial charge in [0, 0.05) is 30.2 Å². The van der Waals surface area contributed by atoms with Gasteiger partial charge < -0.3 is 5.32 Å². The van der Waals surface area contributed by atoms with Crippen LogP contribution in [0.15, 0.2) is 28.2 Å². The van der Waals surface area contributed by atoms with Gasteiger partial charge in [0.25, 0.3) is 0 Å². The molecule has 0 atom stereocenters. The fraction of sp³-hybridized carbons (Fsp3) is 0.250. The Labute approximate surface area is 122 Å². The van der Waals surface area contributed by atoms with Crippen LogP contribution in [0.2, 0.25) is 0 Å². The lowest BCUT2D eigenvalue weighted by Gasteiger charge is -1.98. The summed E-state index contributed by atoms with van der Waals surface area (Å²) in [4.78, 5) is 8.85. The third-order valence-electron chi connectivity index (χ3n) is 2.60. The molecular weight excluding hydrogens is 326 g/mol. The molecule has 0 fully saturated rings. The van der Waals surface area contributed by atoms with Crippen LogP contribution in [0.1, 0.15) is 10.7 Å². The van der Waals surface area contributed by atoms with E-state index >= 15 is 0 Å². The van der Waals surface area contributed by atoms with Crippen LogP contribution in [0.3, 0.4) is 0 Å². The first-order valence-corrected chi connectivity index (χ1v) is 7.55. The smallest absolute Gasteiger partial charge is 0.243 e. The molecule has 3 rings (SSSR count). The van der Waals surface area contributed by atoms with Crippen molar-refractivity contribution < 1.29 is 0 Å². The number of rotatable bonds is 4. The first-order valence-electron chi connectivity index (χ1n) is 5.88. The lowest BCUT2D eigenvalue weighted by atomic mass is 10.4. The van der Waals surface area contributed by atoms with E-state index in [9.17, 15) is 0 Å². The van der Waals surface area contributed by atoms with E-state index in [1.807, 2.05) is 25.3 Å². The van der Waals surface area contributed by atoms with Gasteiger partial charge in [-0.3, -0.25) is 0 Å². The minimum Gasteiger partial charge on any atom is -0.352 e. The largest absolute Gasteiger partial charge is 0.352 e. The second-order valence-corrected chi connectivity index (χ2v) is 5.92. The van der Waals surface area contributed by atoms with E-state index in [0.29, 0.717) is 5.95 Å². The third kappa shape index (κ3) is 2.76. The van der Waals surface area contributed by atoms with Gasteiger partial charge in [-0.25, -0.2) is 9.50 Å². The second kappa shape index (κ2) is 5.26. The normalized spacial score (nSPS) is 11.1. The van der Waals surface area contributed by atoms with Gasteiger partial charge in [-0.05, 0) is 35.0 Å². The Morgan fingerprint density at radius 3 is 3.05 bits per heavy atom. The highest BCUT2D eigenvalue weighted by molar-refractivity contribution is 9.10. The maximum atomic E-state index is 4.43. The van der Waals surface area contributed by atoms with Crippen LogP contribution >= 0.6 is 27.3 Å². The highest BCUT2D eigenvalue weighted by Crippen LogP contribution is 2.16. The lowest BCUT2D eigenvalue weighted by molar-refractivity contribution is 0.929. The Kier molecular flexibility index (Phi) is 3.48. The molecular formula is C12H12BrN5S. The number of nitrogens with one attached hydrogen (secondary N) is 1. The average molecular weight is 338 g/mol. The zero-order chi connectivity index (χ0) is 13.2. The van der Waals surface area contributed by atoms with E-state index in [-0.39, 0.29) is 0 Å². The topological polar surface area (TPSA) is 55.1 Å². The molecule has 0 aliphatic rings. The van der Waals surface area contributed by atoms with Crippen LogP contribution in [-0.2, 0) is 6.42 Å². The molecule has 0 amide bonds. The third-order valence-corrected chi connectivity index (χ3v) is 4.25. The molecule has 0 unspecified atom stereocenters. The maximum absolute atomic E-state index is 4.43. The number of aromatic nitrogens is 4. The minimum atomic E-state index is 0.639. The molecule has 0 saturated heterocycles. The molecule has 0 bridgehead atoms. The van der Waals surface area contributed by atoms with Gasteiger partial charge in [-0.15, -0.1) is 16.4 Å². The van der Waals surface area contributed by atoms with Crippen molar-refractivity contribution in [3.63, 3.8) is 0 Å². The van der Waals surface area contributed by atoms with Gasteiger partial charge >= 0.3 is 0 Å². The highest BCUT2D eigenvalue weighted by Gasteiger charge is 2.06. The Hall–Kier alpha value is -1.47. The summed E-state index contributed by atoms with van der Waals surface area (Å²) in [5, 5.41) is 10.8. The molecule has 0 aliphatic carbocycles. The Balaban J connectivity index is 1.67. The second-order valence-electron chi connectivity index (χ2n) is 4.12. The van der Waals surface area contributed by atoms with Gasteiger partial charge in [-0.2, -0.15) is 4.98 Å². The number of hydrogen-bond acceptors (Lipinski definition) is 5. The number of fused-ring (bicyclic) bond motifs is 1. The van der Waals surface area contributed by atoms with E-state index < -0.39 is 0 Å². The molecule has 0 radical (unpaired) electrons. The van der Waals surface area contributed by atoms with Crippen LogP contribution in [0.5, 0.6) is 0 Å². The summed E-state index contributed by atoms with van der Waals surface area (Å²) in [6, 6.07) is 3.88. The monoisotopic (exact) mass is 337 g/mol. The fourth-order valence-corrected chi connectivity index (χ4v) is 2.95. The molecule has 3 heterocycles. The summed E-state index contributed by atoms with van der Waals surface area (Å²) in [7, 11) is 0. The van der Waals surface area contributed by atoms with E-state index in [1.165, 1.54) is 0 Å². The Bertz CT molecular complexity index is 705. The van der Waals surface area contributed by atoms with Crippen molar-refractivity contribution in [2.24, 2.45) is 0 Å². The van der Waals surface area contributed by atoms with Crippen molar-refractivity contribution in [1.82, 2.24) is 19.6 Å². The molecule has 19 heavy (non-hydrogen) atoms. The van der Waals surface area contributed by atoms with Crippen LogP contribution in [0, 0.1) is 6.92 Å². The summed E-state index contributed by atoms with van der Waals surface area (Å²) in [6.07, 6.45) is 2.76. The van der Waals surface area contributed by atoms with E-state index in [1.54, 1.807) is 15.9 Å². The molecule has 98 valence electrons. The van der Waals surface area contributed by atoms with Gasteiger partial charge in [0.1, 0.15) is 0 Å². The predicted molar refractivity (Wildman–Crippen MR) is 79.7 cm³/mol. The van der Waals surface area contributed by atoms with Crippen molar-refractivity contribution in [1.29, 1.82) is 0 Å². The van der Waals surface area contributed by atoms with Gasteiger partial charge in [-0.1, -0.05) is 0 Å². The number of nitrogens with zero attached hydrogens (tertiary/aromatic N) is 4. The molecule has 3 aromatic heterocycles. The van der Waals surface area contributed by atoms with Crippen molar-refractivity contribution >= 4 is 38.9 Å². The zero-order valence-corrected chi connectivity index (χ0v) is 12.7. The van der Waals surface area contributed by atoms with Crippen molar-refractivity contribution in [3.05, 3.63) is 38.9 Å². The molecule has 0 spiro atoms. The summed E-state index contributed by atoms with van der Waals surface area (Å²) in [6.45, 7) is 2.79. The van der Waals surface area contributed by atoms with Crippen molar-refractivity contribution in [3.8, 4) is 0 Å². The molecule has 7 heteroatoms. The molecule has 0 aliphatic heterocycles. The van der Waals surface area contributed by atoms with Crippen LogP contribution in [-0.4, -0.2) is 26.1 Å². The standard InChI is InChI=1S/C12H12BrN5S/c1-8-7-19-10(15-8)4-5-14-12-16-11-9(13)3-2-6-18(11)17-12/h2-3,6-7H,4-5H2,1H3,(H,14,17). The van der Waals surface area contributed by atoms with Crippen LogP contribution < -0.4 is 5.32 Å². The molecule has 0 saturated carbocycles. The summed E-state index contributed by atoms with van der Waals surface area (Å²) in [5.74, 6) is 0.639. The number of pyridine rings is 1. The van der Waals surface area contributed by atoms with Crippen LogP contribution in [0.4, 0.5) is 5.95 Å². The lowest BCUT2D eigenvalue weighted by Crippen LogP contribution is -2.06. The number of halogens is 1. The van der Waals surface area contributed by atoms with Gasteiger partial charge in [0.05, 0.1) is 9.48 Å². The minimum absolute atomic E-state index is 0.639. The Morgan fingerprint density at radius 2 is 2.32 bits per heavy atom. The van der Waals surface area contributed by atoms with E-state index in [4.69, 9.17) is 0 Å².